The normalized spacial score (nSPS) is 10.0. The Hall–Kier alpha value is 1.69. The predicted molar refractivity (Wildman–Crippen MR) is 145 cm³/mol. The molecule has 0 radical (unpaired) electrons. The largest absolute Gasteiger partial charge is 1.00 e. The second kappa shape index (κ2) is 31.7. The Morgan fingerprint density at radius 2 is 1.59 bits per heavy atom. The zero-order chi connectivity index (χ0) is 28.0. The van der Waals surface area contributed by atoms with Gasteiger partial charge in [0.25, 0.3) is 0 Å². The number of allylic oxidation sites excluding steroid dienone is 2. The number of carbonyl (C=O) groups excluding carboxylic acids is 5. The van der Waals surface area contributed by atoms with Gasteiger partial charge in [0.1, 0.15) is 6.29 Å². The monoisotopic (exact) mass is 783 g/mol. The zero-order valence-corrected chi connectivity index (χ0v) is 40.0. The molecule has 0 saturated heterocycles. The Bertz CT molecular complexity index is 933. The molecule has 41 heavy (non-hydrogen) atoms. The average Bonchev–Trinajstić information content (AvgIpc) is 2.88. The average molecular weight is 785 g/mol. The minimum Gasteiger partial charge on any atom is -0.651 e. The first kappa shape index (κ1) is 47.1. The molecule has 0 fully saturated rings. The van der Waals surface area contributed by atoms with Crippen LogP contribution in [0.1, 0.15) is 51.0 Å². The number of carbonyl (C=O) groups is 5. The summed E-state index contributed by atoms with van der Waals surface area (Å²) in [7, 11) is 1.74. The molecule has 4 amide bonds. The number of aldehydes is 1. The van der Waals surface area contributed by atoms with E-state index in [1.807, 2.05) is 0 Å². The molecule has 0 aliphatic rings. The molecule has 0 spiro atoms. The number of rotatable bonds is 20. The minimum absolute atomic E-state index is 0. The Balaban J connectivity index is -0.00000481. The van der Waals surface area contributed by atoms with Gasteiger partial charge in [0.15, 0.2) is 11.8 Å². The van der Waals surface area contributed by atoms with Crippen molar-refractivity contribution >= 4 is 35.6 Å². The molecule has 2 N–H and O–H groups in total. The molecule has 0 aliphatic carbocycles. The van der Waals surface area contributed by atoms with Crippen LogP contribution in [0.2, 0.25) is 0 Å². The number of urea groups is 1. The molecule has 1 rings (SSSR count). The third-order valence-corrected chi connectivity index (χ3v) is 5.14. The number of unbranched alkanes of at least 4 members (excludes halogenated alkanes) is 3. The first-order valence-corrected chi connectivity index (χ1v) is 12.7. The molecule has 0 unspecified atom stereocenters. The number of nitrogens with one attached hydrogen (secondary N) is 2. The van der Waals surface area contributed by atoms with Gasteiger partial charge < -0.3 is 45.7 Å². The van der Waals surface area contributed by atoms with E-state index in [0.29, 0.717) is 38.2 Å². The summed E-state index contributed by atoms with van der Waals surface area (Å²) in [6.07, 6.45) is 5.85. The van der Waals surface area contributed by atoms with E-state index in [1.165, 1.54) is 6.08 Å². The molecule has 0 aliphatic heterocycles. The second-order valence-electron chi connectivity index (χ2n) is 8.44. The summed E-state index contributed by atoms with van der Waals surface area (Å²) < 4.78 is 5.36. The SMILES string of the molecule is CN/C(C)=C\C(=O)Cc1ccc([N-]C(=O)CC(=O)[N-]CCOCCC[N-]C(=O)NCCCCCC=O)cc1.[Rb+].[Rb+].[Rb+]. The van der Waals surface area contributed by atoms with Gasteiger partial charge in [-0.05, 0) is 31.9 Å². The third kappa shape index (κ3) is 27.7. The summed E-state index contributed by atoms with van der Waals surface area (Å²) in [4.78, 5) is 57.6. The van der Waals surface area contributed by atoms with Gasteiger partial charge in [-0.2, -0.15) is 0 Å². The standard InChI is InChI=1S/C27H41N5O6.3Rb/c1-21(28-2)18-24(34)19-22-8-10-23(11-9-22)32-26(36)20-25(35)29-14-17-38-16-7-13-31-27(37)30-12-5-3-4-6-15-33;;;/h8-11,15,18H,3-7,12-14,16-17,19-20H2,1-2H3,(H5,28,29,30,31,32,34,35,36,37);;;/q;3*+1/p-3. The van der Waals surface area contributed by atoms with Gasteiger partial charge in [-0.25, -0.2) is 0 Å². The number of amides is 4. The van der Waals surface area contributed by atoms with Crippen molar-refractivity contribution in [2.45, 2.75) is 51.9 Å². The van der Waals surface area contributed by atoms with Crippen LogP contribution in [0.3, 0.4) is 0 Å². The van der Waals surface area contributed by atoms with E-state index in [4.69, 9.17) is 4.74 Å². The van der Waals surface area contributed by atoms with Crippen molar-refractivity contribution in [3.63, 3.8) is 0 Å². The number of hydrogen-bond acceptors (Lipinski definition) is 7. The molecule has 11 nitrogen and oxygen atoms in total. The molecule has 210 valence electrons. The first-order valence-electron chi connectivity index (χ1n) is 12.7. The van der Waals surface area contributed by atoms with Crippen LogP contribution in [0, 0.1) is 0 Å². The van der Waals surface area contributed by atoms with Gasteiger partial charge in [-0.3, -0.25) is 9.59 Å². The van der Waals surface area contributed by atoms with Crippen molar-refractivity contribution in [2.24, 2.45) is 0 Å². The van der Waals surface area contributed by atoms with E-state index in [-0.39, 0.29) is 206 Å². The van der Waals surface area contributed by atoms with Crippen LogP contribution in [0.5, 0.6) is 0 Å². The van der Waals surface area contributed by atoms with E-state index in [1.54, 1.807) is 38.2 Å². The van der Waals surface area contributed by atoms with E-state index < -0.39 is 18.2 Å². The molecule has 1 aromatic rings. The smallest absolute Gasteiger partial charge is 0.651 e. The van der Waals surface area contributed by atoms with E-state index in [0.717, 1.165) is 36.8 Å². The summed E-state index contributed by atoms with van der Waals surface area (Å²) in [5.41, 5.74) is 1.97. The van der Waals surface area contributed by atoms with Gasteiger partial charge in [0.05, 0.1) is 11.8 Å². The van der Waals surface area contributed by atoms with Crippen molar-refractivity contribution in [2.75, 3.05) is 39.9 Å². The fraction of sp³-hybridized carbons (Fsp3) is 0.519. The van der Waals surface area contributed by atoms with Crippen LogP contribution in [0.25, 0.3) is 16.0 Å². The molecular weight excluding hydrogens is 747 g/mol. The minimum atomic E-state index is -0.600. The van der Waals surface area contributed by atoms with Gasteiger partial charge in [0.2, 0.25) is 0 Å². The third-order valence-electron chi connectivity index (χ3n) is 5.14. The van der Waals surface area contributed by atoms with Crippen molar-refractivity contribution < 1.29 is 203 Å². The fourth-order valence-electron chi connectivity index (χ4n) is 3.09. The number of nitrogens with zero attached hydrogens (tertiary/aromatic N) is 3. The molecule has 0 heterocycles. The summed E-state index contributed by atoms with van der Waals surface area (Å²) in [5.74, 6) is -1.21. The van der Waals surface area contributed by atoms with Crippen LogP contribution < -0.4 is 185 Å². The van der Waals surface area contributed by atoms with Crippen molar-refractivity contribution in [3.05, 3.63) is 57.6 Å². The van der Waals surface area contributed by atoms with Crippen molar-refractivity contribution in [1.29, 1.82) is 0 Å². The molecule has 14 heteroatoms. The van der Waals surface area contributed by atoms with Crippen LogP contribution in [-0.2, 0) is 30.3 Å². The van der Waals surface area contributed by atoms with E-state index >= 15 is 0 Å². The van der Waals surface area contributed by atoms with Crippen LogP contribution >= 0.6 is 0 Å². The van der Waals surface area contributed by atoms with Gasteiger partial charge in [0, 0.05) is 51.3 Å². The maximum Gasteiger partial charge on any atom is 1.00 e. The van der Waals surface area contributed by atoms with Gasteiger partial charge in [-0.15, -0.1) is 12.2 Å². The summed E-state index contributed by atoms with van der Waals surface area (Å²) in [5, 5.41) is 17.1. The number of benzene rings is 1. The predicted octanol–water partition coefficient (Wildman–Crippen LogP) is -5.00. The van der Waals surface area contributed by atoms with E-state index in [2.05, 4.69) is 26.6 Å². The molecule has 0 bridgehead atoms. The zero-order valence-electron chi connectivity index (χ0n) is 25.2. The number of hydrogen-bond donors (Lipinski definition) is 2. The first-order chi connectivity index (χ1) is 18.3. The van der Waals surface area contributed by atoms with Crippen molar-refractivity contribution in [1.82, 2.24) is 10.6 Å². The van der Waals surface area contributed by atoms with Crippen molar-refractivity contribution in [3.8, 4) is 0 Å². The maximum atomic E-state index is 12.0. The van der Waals surface area contributed by atoms with Gasteiger partial charge >= 0.3 is 175 Å². The van der Waals surface area contributed by atoms with E-state index in [9.17, 15) is 24.0 Å². The van der Waals surface area contributed by atoms with Crippen LogP contribution in [0.15, 0.2) is 36.0 Å². The topological polar surface area (TPSA) is 161 Å². The summed E-state index contributed by atoms with van der Waals surface area (Å²) in [6, 6.07) is 6.32. The number of ether oxygens (including phenoxy) is 1. The van der Waals surface area contributed by atoms with Crippen LogP contribution in [0.4, 0.5) is 10.5 Å². The Morgan fingerprint density at radius 3 is 2.24 bits per heavy atom. The van der Waals surface area contributed by atoms with Crippen LogP contribution in [-0.4, -0.2) is 69.8 Å². The molecule has 0 saturated carbocycles. The van der Waals surface area contributed by atoms with Gasteiger partial charge in [-0.1, -0.05) is 43.7 Å². The molecular formula is C27H38N5O6Rb3. The Kier molecular flexibility index (Phi) is 36.4. The quantitative estimate of drug-likeness (QED) is 0.0580. The number of ketones is 1. The molecule has 0 aromatic heterocycles. The summed E-state index contributed by atoms with van der Waals surface area (Å²) >= 11 is 0. The molecule has 1 aromatic carbocycles. The summed E-state index contributed by atoms with van der Waals surface area (Å²) in [6.45, 7) is 3.37. The Labute approximate surface area is 390 Å². The fourth-order valence-corrected chi connectivity index (χ4v) is 3.09. The Morgan fingerprint density at radius 1 is 0.878 bits per heavy atom. The maximum absolute atomic E-state index is 12.0. The second-order valence-corrected chi connectivity index (χ2v) is 8.44. The molecule has 0 atom stereocenters.